The van der Waals surface area contributed by atoms with Crippen LogP contribution in [0, 0.1) is 0 Å². The van der Waals surface area contributed by atoms with Crippen LogP contribution < -0.4 is 19.5 Å². The quantitative estimate of drug-likeness (QED) is 0.686. The van der Waals surface area contributed by atoms with E-state index in [1.807, 2.05) is 0 Å². The molecule has 1 aliphatic heterocycles. The molecular formula is C21H26N2O6S. The molecule has 2 aromatic rings. The van der Waals surface area contributed by atoms with Gasteiger partial charge in [-0.25, -0.2) is 8.42 Å². The monoisotopic (exact) mass is 434 g/mol. The van der Waals surface area contributed by atoms with Crippen molar-refractivity contribution in [2.45, 2.75) is 24.3 Å². The molecule has 162 valence electrons. The molecule has 1 N–H and O–H groups in total. The van der Waals surface area contributed by atoms with Crippen molar-refractivity contribution in [3.05, 3.63) is 47.5 Å². The number of benzene rings is 2. The summed E-state index contributed by atoms with van der Waals surface area (Å²) in [5.74, 6) is 1.03. The highest BCUT2D eigenvalue weighted by Crippen LogP contribution is 2.39. The predicted molar refractivity (Wildman–Crippen MR) is 112 cm³/mol. The zero-order valence-corrected chi connectivity index (χ0v) is 18.1. The number of sulfonamides is 1. The average molecular weight is 435 g/mol. The van der Waals surface area contributed by atoms with E-state index in [1.165, 1.54) is 37.8 Å². The van der Waals surface area contributed by atoms with Gasteiger partial charge < -0.3 is 19.5 Å². The van der Waals surface area contributed by atoms with Gasteiger partial charge in [-0.3, -0.25) is 4.79 Å². The van der Waals surface area contributed by atoms with Crippen molar-refractivity contribution >= 4 is 15.9 Å². The first-order chi connectivity index (χ1) is 14.4. The van der Waals surface area contributed by atoms with Crippen LogP contribution in [0.2, 0.25) is 0 Å². The van der Waals surface area contributed by atoms with Crippen LogP contribution in [0.15, 0.2) is 41.3 Å². The van der Waals surface area contributed by atoms with E-state index in [-0.39, 0.29) is 22.9 Å². The fourth-order valence-corrected chi connectivity index (χ4v) is 5.02. The van der Waals surface area contributed by atoms with Gasteiger partial charge in [0.25, 0.3) is 5.91 Å². The lowest BCUT2D eigenvalue weighted by Gasteiger charge is -2.17. The third-order valence-electron chi connectivity index (χ3n) is 5.02. The lowest BCUT2D eigenvalue weighted by Crippen LogP contribution is -2.28. The number of carbonyl (C=O) groups excluding carboxylic acids is 1. The highest BCUT2D eigenvalue weighted by atomic mass is 32.2. The first-order valence-electron chi connectivity index (χ1n) is 9.58. The van der Waals surface area contributed by atoms with E-state index in [0.29, 0.717) is 35.9 Å². The Hall–Kier alpha value is -2.78. The molecule has 0 atom stereocenters. The maximum absolute atomic E-state index is 12.8. The van der Waals surface area contributed by atoms with Crippen LogP contribution in [0.4, 0.5) is 0 Å². The van der Waals surface area contributed by atoms with E-state index in [9.17, 15) is 13.2 Å². The zero-order chi connectivity index (χ0) is 21.7. The topological polar surface area (TPSA) is 94.2 Å². The van der Waals surface area contributed by atoms with Crippen molar-refractivity contribution in [1.29, 1.82) is 0 Å². The van der Waals surface area contributed by atoms with Gasteiger partial charge in [-0.05, 0) is 43.2 Å². The number of methoxy groups -OCH3 is 3. The van der Waals surface area contributed by atoms with Crippen molar-refractivity contribution in [2.24, 2.45) is 0 Å². The minimum atomic E-state index is -3.59. The van der Waals surface area contributed by atoms with Gasteiger partial charge >= 0.3 is 0 Å². The van der Waals surface area contributed by atoms with E-state index < -0.39 is 10.0 Å². The zero-order valence-electron chi connectivity index (χ0n) is 17.3. The van der Waals surface area contributed by atoms with Gasteiger partial charge in [0.05, 0.1) is 26.2 Å². The van der Waals surface area contributed by atoms with Crippen LogP contribution in [0.1, 0.15) is 28.8 Å². The molecule has 30 heavy (non-hydrogen) atoms. The third kappa shape index (κ3) is 4.36. The van der Waals surface area contributed by atoms with Gasteiger partial charge in [0.2, 0.25) is 15.8 Å². The first-order valence-corrected chi connectivity index (χ1v) is 11.0. The number of rotatable bonds is 8. The van der Waals surface area contributed by atoms with Crippen molar-refractivity contribution in [3.8, 4) is 17.2 Å². The summed E-state index contributed by atoms with van der Waals surface area (Å²) in [6.45, 7) is 1.20. The third-order valence-corrected chi connectivity index (χ3v) is 6.92. The van der Waals surface area contributed by atoms with E-state index >= 15 is 0 Å². The minimum absolute atomic E-state index is 0.126. The molecule has 1 aliphatic rings. The Balaban J connectivity index is 1.78. The number of nitrogens with zero attached hydrogens (tertiary/aromatic N) is 1. The van der Waals surface area contributed by atoms with Crippen LogP contribution in [0.5, 0.6) is 17.2 Å². The van der Waals surface area contributed by atoms with Crippen LogP contribution in [-0.2, 0) is 16.6 Å². The second-order valence-electron chi connectivity index (χ2n) is 6.82. The number of amides is 1. The summed E-state index contributed by atoms with van der Waals surface area (Å²) in [6, 6.07) is 9.59. The predicted octanol–water partition coefficient (Wildman–Crippen LogP) is 2.43. The number of hydrogen-bond donors (Lipinski definition) is 1. The first kappa shape index (κ1) is 21.9. The lowest BCUT2D eigenvalue weighted by molar-refractivity contribution is 0.0950. The Kier molecular flexibility index (Phi) is 6.84. The Labute approximate surface area is 176 Å². The fourth-order valence-electron chi connectivity index (χ4n) is 3.46. The molecule has 1 saturated heterocycles. The molecule has 0 bridgehead atoms. The van der Waals surface area contributed by atoms with Crippen LogP contribution in [0.3, 0.4) is 0 Å². The molecule has 0 aliphatic carbocycles. The lowest BCUT2D eigenvalue weighted by atomic mass is 10.1. The van der Waals surface area contributed by atoms with Crippen LogP contribution in [0.25, 0.3) is 0 Å². The highest BCUT2D eigenvalue weighted by molar-refractivity contribution is 7.89. The molecule has 9 heteroatoms. The molecule has 1 fully saturated rings. The molecule has 0 unspecified atom stereocenters. The number of hydrogen-bond acceptors (Lipinski definition) is 6. The Bertz CT molecular complexity index is 1020. The summed E-state index contributed by atoms with van der Waals surface area (Å²) in [7, 11) is 0.962. The molecule has 2 aromatic carbocycles. The SMILES string of the molecule is COc1ccc(CNC(=O)c2cccc(S(=O)(=O)N3CCCC3)c2)c(OC)c1OC. The second kappa shape index (κ2) is 9.36. The van der Waals surface area contributed by atoms with Gasteiger partial charge in [-0.2, -0.15) is 4.31 Å². The molecular weight excluding hydrogens is 408 g/mol. The average Bonchev–Trinajstić information content (AvgIpc) is 3.32. The number of nitrogens with one attached hydrogen (secondary N) is 1. The summed E-state index contributed by atoms with van der Waals surface area (Å²) < 4.78 is 43.0. The maximum Gasteiger partial charge on any atom is 0.251 e. The van der Waals surface area contributed by atoms with Gasteiger partial charge in [0.15, 0.2) is 11.5 Å². The summed E-state index contributed by atoms with van der Waals surface area (Å²) >= 11 is 0. The number of carbonyl (C=O) groups is 1. The standard InChI is InChI=1S/C21H26N2O6S/c1-27-18-10-9-16(19(28-2)20(18)29-3)14-22-21(24)15-7-6-8-17(13-15)30(25,26)23-11-4-5-12-23/h6-10,13H,4-5,11-12,14H2,1-3H3,(H,22,24). The van der Waals surface area contributed by atoms with E-state index in [2.05, 4.69) is 5.32 Å². The normalized spacial score (nSPS) is 14.4. The summed E-state index contributed by atoms with van der Waals surface area (Å²) in [5.41, 5.74) is 0.971. The van der Waals surface area contributed by atoms with E-state index in [1.54, 1.807) is 24.3 Å². The molecule has 0 radical (unpaired) electrons. The van der Waals surface area contributed by atoms with Gasteiger partial charge in [-0.1, -0.05) is 6.07 Å². The Morgan fingerprint density at radius 1 is 1.00 bits per heavy atom. The van der Waals surface area contributed by atoms with Crippen LogP contribution in [-0.4, -0.2) is 53.0 Å². The summed E-state index contributed by atoms with van der Waals surface area (Å²) in [4.78, 5) is 12.8. The molecule has 8 nitrogen and oxygen atoms in total. The van der Waals surface area contributed by atoms with Crippen molar-refractivity contribution in [1.82, 2.24) is 9.62 Å². The van der Waals surface area contributed by atoms with Crippen molar-refractivity contribution < 1.29 is 27.4 Å². The summed E-state index contributed by atoms with van der Waals surface area (Å²) in [5, 5.41) is 2.80. The number of ether oxygens (including phenoxy) is 3. The van der Waals surface area contributed by atoms with Crippen LogP contribution >= 0.6 is 0 Å². The minimum Gasteiger partial charge on any atom is -0.493 e. The van der Waals surface area contributed by atoms with E-state index in [4.69, 9.17) is 14.2 Å². The Morgan fingerprint density at radius 2 is 1.70 bits per heavy atom. The molecule has 0 aromatic heterocycles. The molecule has 1 amide bonds. The molecule has 0 saturated carbocycles. The summed E-state index contributed by atoms with van der Waals surface area (Å²) in [6.07, 6.45) is 1.71. The highest BCUT2D eigenvalue weighted by Gasteiger charge is 2.27. The smallest absolute Gasteiger partial charge is 0.251 e. The molecule has 3 rings (SSSR count). The van der Waals surface area contributed by atoms with Gasteiger partial charge in [0, 0.05) is 30.8 Å². The Morgan fingerprint density at radius 3 is 2.33 bits per heavy atom. The van der Waals surface area contributed by atoms with E-state index in [0.717, 1.165) is 12.8 Å². The maximum atomic E-state index is 12.8. The fraction of sp³-hybridized carbons (Fsp3) is 0.381. The van der Waals surface area contributed by atoms with Crippen molar-refractivity contribution in [2.75, 3.05) is 34.4 Å². The van der Waals surface area contributed by atoms with Crippen molar-refractivity contribution in [3.63, 3.8) is 0 Å². The van der Waals surface area contributed by atoms with Gasteiger partial charge in [0.1, 0.15) is 0 Å². The second-order valence-corrected chi connectivity index (χ2v) is 8.75. The largest absolute Gasteiger partial charge is 0.493 e. The molecule has 1 heterocycles. The molecule has 0 spiro atoms. The van der Waals surface area contributed by atoms with Gasteiger partial charge in [-0.15, -0.1) is 0 Å².